The molecule has 7 heteroatoms. The lowest BCUT2D eigenvalue weighted by Gasteiger charge is -2.34. The zero-order chi connectivity index (χ0) is 12.6. The van der Waals surface area contributed by atoms with Gasteiger partial charge in [0, 0.05) is 19.7 Å². The lowest BCUT2D eigenvalue weighted by atomic mass is 9.82. The number of sulfonamides is 1. The van der Waals surface area contributed by atoms with Crippen LogP contribution in [0.2, 0.25) is 0 Å². The molecular weight excluding hydrogens is 242 g/mol. The summed E-state index contributed by atoms with van der Waals surface area (Å²) in [5.74, 6) is 0.234. The summed E-state index contributed by atoms with van der Waals surface area (Å²) in [6.07, 6.45) is 2.77. The average Bonchev–Trinajstić information content (AvgIpc) is 2.53. The van der Waals surface area contributed by atoms with Gasteiger partial charge in [-0.2, -0.15) is 5.10 Å². The Morgan fingerprint density at radius 2 is 2.24 bits per heavy atom. The van der Waals surface area contributed by atoms with E-state index in [1.54, 1.807) is 14.0 Å². The number of nitrogens with one attached hydrogen (secondary N) is 1. The van der Waals surface area contributed by atoms with Gasteiger partial charge in [-0.25, -0.2) is 13.1 Å². The Kier molecular flexibility index (Phi) is 3.24. The van der Waals surface area contributed by atoms with Crippen molar-refractivity contribution in [1.82, 2.24) is 14.5 Å². The van der Waals surface area contributed by atoms with E-state index in [1.807, 2.05) is 0 Å². The van der Waals surface area contributed by atoms with E-state index >= 15 is 0 Å². The fraction of sp³-hybridized carbons (Fsp3) is 0.700. The van der Waals surface area contributed by atoms with Gasteiger partial charge in [-0.15, -0.1) is 0 Å². The molecule has 2 rings (SSSR count). The van der Waals surface area contributed by atoms with Crippen LogP contribution >= 0.6 is 0 Å². The number of hydrogen-bond acceptors (Lipinski definition) is 4. The Labute approximate surface area is 101 Å². The largest absolute Gasteiger partial charge is 0.396 e. The first-order chi connectivity index (χ1) is 7.94. The van der Waals surface area contributed by atoms with Crippen molar-refractivity contribution in [3.05, 3.63) is 11.9 Å². The highest BCUT2D eigenvalue weighted by atomic mass is 32.2. The number of hydrogen-bond donors (Lipinski definition) is 2. The van der Waals surface area contributed by atoms with Crippen molar-refractivity contribution in [3.8, 4) is 0 Å². The third-order valence-corrected chi connectivity index (χ3v) is 4.92. The Bertz CT molecular complexity index is 503. The summed E-state index contributed by atoms with van der Waals surface area (Å²) in [6, 6.07) is -0.0586. The molecule has 1 aliphatic rings. The number of aliphatic hydroxyl groups is 1. The van der Waals surface area contributed by atoms with Crippen molar-refractivity contribution in [2.24, 2.45) is 13.0 Å². The fourth-order valence-electron chi connectivity index (χ4n) is 2.01. The van der Waals surface area contributed by atoms with E-state index in [0.717, 1.165) is 0 Å². The first-order valence-electron chi connectivity index (χ1n) is 5.56. The van der Waals surface area contributed by atoms with Crippen LogP contribution in [-0.4, -0.2) is 36.0 Å². The first kappa shape index (κ1) is 12.5. The van der Waals surface area contributed by atoms with Gasteiger partial charge < -0.3 is 5.11 Å². The van der Waals surface area contributed by atoms with Gasteiger partial charge >= 0.3 is 0 Å². The molecule has 1 aliphatic carbocycles. The van der Waals surface area contributed by atoms with Crippen LogP contribution in [0.3, 0.4) is 0 Å². The Morgan fingerprint density at radius 3 is 2.71 bits per heavy atom. The monoisotopic (exact) mass is 259 g/mol. The van der Waals surface area contributed by atoms with Crippen molar-refractivity contribution < 1.29 is 13.5 Å². The minimum absolute atomic E-state index is 0.0586. The lowest BCUT2D eigenvalue weighted by Crippen LogP contribution is -2.45. The standard InChI is InChI=1S/C10H17N3O3S/c1-7-10(5-11-13(7)2)17(15,16)12-9-3-8(4-9)6-14/h5,8-9,12,14H,3-4,6H2,1-2H3. The zero-order valence-corrected chi connectivity index (χ0v) is 10.7. The second kappa shape index (κ2) is 4.40. The van der Waals surface area contributed by atoms with Crippen LogP contribution in [0, 0.1) is 12.8 Å². The van der Waals surface area contributed by atoms with Gasteiger partial charge in [-0.1, -0.05) is 0 Å². The smallest absolute Gasteiger partial charge is 0.244 e. The van der Waals surface area contributed by atoms with E-state index in [4.69, 9.17) is 5.11 Å². The second-order valence-corrected chi connectivity index (χ2v) is 6.24. The first-order valence-corrected chi connectivity index (χ1v) is 7.04. The molecular formula is C10H17N3O3S. The molecule has 0 unspecified atom stereocenters. The summed E-state index contributed by atoms with van der Waals surface area (Å²) < 4.78 is 28.2. The molecule has 0 aliphatic heterocycles. The summed E-state index contributed by atoms with van der Waals surface area (Å²) in [4.78, 5) is 0.229. The highest BCUT2D eigenvalue weighted by Gasteiger charge is 2.33. The van der Waals surface area contributed by atoms with Crippen LogP contribution < -0.4 is 4.72 Å². The predicted octanol–water partition coefficient (Wildman–Crippen LogP) is -0.222. The maximum Gasteiger partial charge on any atom is 0.244 e. The lowest BCUT2D eigenvalue weighted by molar-refractivity contribution is 0.137. The quantitative estimate of drug-likeness (QED) is 0.783. The van der Waals surface area contributed by atoms with Crippen molar-refractivity contribution in [2.45, 2.75) is 30.7 Å². The molecule has 1 saturated carbocycles. The molecule has 0 amide bonds. The summed E-state index contributed by atoms with van der Waals surface area (Å²) in [7, 11) is -1.77. The van der Waals surface area contributed by atoms with E-state index in [-0.39, 0.29) is 23.5 Å². The topological polar surface area (TPSA) is 84.2 Å². The minimum atomic E-state index is -3.48. The van der Waals surface area contributed by atoms with Gasteiger partial charge in [0.15, 0.2) is 0 Å². The van der Waals surface area contributed by atoms with E-state index in [1.165, 1.54) is 10.9 Å². The molecule has 6 nitrogen and oxygen atoms in total. The molecule has 0 radical (unpaired) electrons. The van der Waals surface area contributed by atoms with E-state index in [2.05, 4.69) is 9.82 Å². The molecule has 0 bridgehead atoms. The van der Waals surface area contributed by atoms with Crippen LogP contribution in [0.1, 0.15) is 18.5 Å². The highest BCUT2D eigenvalue weighted by Crippen LogP contribution is 2.28. The van der Waals surface area contributed by atoms with Gasteiger partial charge in [0.1, 0.15) is 4.90 Å². The third kappa shape index (κ3) is 2.36. The number of aromatic nitrogens is 2. The van der Waals surface area contributed by atoms with E-state index in [0.29, 0.717) is 18.5 Å². The molecule has 0 saturated heterocycles. The molecule has 1 heterocycles. The predicted molar refractivity (Wildman–Crippen MR) is 61.9 cm³/mol. The Hall–Kier alpha value is -0.920. The molecule has 1 aromatic heterocycles. The maximum absolute atomic E-state index is 12.0. The summed E-state index contributed by atoms with van der Waals surface area (Å²) in [5.41, 5.74) is 0.621. The number of aryl methyl sites for hydroxylation is 1. The average molecular weight is 259 g/mol. The summed E-state index contributed by atoms with van der Waals surface area (Å²) >= 11 is 0. The van der Waals surface area contributed by atoms with Gasteiger partial charge in [-0.3, -0.25) is 4.68 Å². The van der Waals surface area contributed by atoms with E-state index < -0.39 is 10.0 Å². The van der Waals surface area contributed by atoms with Gasteiger partial charge in [0.05, 0.1) is 11.9 Å². The van der Waals surface area contributed by atoms with Crippen LogP contribution in [0.4, 0.5) is 0 Å². The molecule has 1 aromatic rings. The van der Waals surface area contributed by atoms with Crippen LogP contribution in [0.25, 0.3) is 0 Å². The Balaban J connectivity index is 2.08. The minimum Gasteiger partial charge on any atom is -0.396 e. The zero-order valence-electron chi connectivity index (χ0n) is 9.92. The van der Waals surface area contributed by atoms with Crippen molar-refractivity contribution >= 4 is 10.0 Å². The van der Waals surface area contributed by atoms with Gasteiger partial charge in [0.2, 0.25) is 10.0 Å². The molecule has 17 heavy (non-hydrogen) atoms. The van der Waals surface area contributed by atoms with Crippen molar-refractivity contribution in [2.75, 3.05) is 6.61 Å². The molecule has 0 aromatic carbocycles. The van der Waals surface area contributed by atoms with Crippen LogP contribution in [0.15, 0.2) is 11.1 Å². The summed E-state index contributed by atoms with van der Waals surface area (Å²) in [6.45, 7) is 1.85. The third-order valence-electron chi connectivity index (χ3n) is 3.30. The molecule has 0 spiro atoms. The fourth-order valence-corrected chi connectivity index (χ4v) is 3.47. The normalized spacial score (nSPS) is 24.6. The molecule has 2 N–H and O–H groups in total. The SMILES string of the molecule is Cc1c(S(=O)(=O)NC2CC(CO)C2)cnn1C. The Morgan fingerprint density at radius 1 is 1.59 bits per heavy atom. The van der Waals surface area contributed by atoms with Gasteiger partial charge in [-0.05, 0) is 25.7 Å². The van der Waals surface area contributed by atoms with E-state index in [9.17, 15) is 8.42 Å². The molecule has 0 atom stereocenters. The second-order valence-electron chi connectivity index (χ2n) is 4.56. The number of rotatable bonds is 4. The molecule has 96 valence electrons. The van der Waals surface area contributed by atoms with Crippen molar-refractivity contribution in [1.29, 1.82) is 0 Å². The molecule has 1 fully saturated rings. The van der Waals surface area contributed by atoms with Crippen molar-refractivity contribution in [3.63, 3.8) is 0 Å². The number of nitrogens with zero attached hydrogens (tertiary/aromatic N) is 2. The number of aliphatic hydroxyl groups excluding tert-OH is 1. The maximum atomic E-state index is 12.0. The highest BCUT2D eigenvalue weighted by molar-refractivity contribution is 7.89. The van der Waals surface area contributed by atoms with Crippen LogP contribution in [-0.2, 0) is 17.1 Å². The van der Waals surface area contributed by atoms with Gasteiger partial charge in [0.25, 0.3) is 0 Å². The summed E-state index contributed by atoms with van der Waals surface area (Å²) in [5, 5.41) is 12.8. The van der Waals surface area contributed by atoms with Crippen LogP contribution in [0.5, 0.6) is 0 Å².